The van der Waals surface area contributed by atoms with Crippen LogP contribution in [0.3, 0.4) is 0 Å². The van der Waals surface area contributed by atoms with Gasteiger partial charge in [-0.2, -0.15) is 0 Å². The SMILES string of the molecule is CCOC(=O)C(=O)C(=O)C(=O)O. The topological polar surface area (TPSA) is 97.7 Å². The molecule has 0 saturated carbocycles. The number of hydrogen-bond acceptors (Lipinski definition) is 5. The number of ether oxygens (including phenoxy) is 1. The van der Waals surface area contributed by atoms with Gasteiger partial charge in [-0.25, -0.2) is 9.59 Å². The lowest BCUT2D eigenvalue weighted by atomic mass is 10.3. The molecule has 0 fully saturated rings. The minimum absolute atomic E-state index is 0.0858. The van der Waals surface area contributed by atoms with Gasteiger partial charge < -0.3 is 9.84 Å². The summed E-state index contributed by atoms with van der Waals surface area (Å²) in [6.45, 7) is 1.34. The lowest BCUT2D eigenvalue weighted by Gasteiger charge is -1.95. The first kappa shape index (κ1) is 10.3. The molecular formula is C6H6O6. The van der Waals surface area contributed by atoms with E-state index in [1.54, 1.807) is 0 Å². The predicted octanol–water partition coefficient (Wildman–Crippen LogP) is -1.23. The van der Waals surface area contributed by atoms with E-state index in [0.29, 0.717) is 0 Å². The second kappa shape index (κ2) is 4.22. The van der Waals surface area contributed by atoms with Gasteiger partial charge in [-0.15, -0.1) is 0 Å². The van der Waals surface area contributed by atoms with Crippen molar-refractivity contribution in [3.8, 4) is 0 Å². The fraction of sp³-hybridized carbons (Fsp3) is 0.333. The fourth-order valence-corrected chi connectivity index (χ4v) is 0.386. The summed E-state index contributed by atoms with van der Waals surface area (Å²) in [5, 5.41) is 7.99. The first-order valence-corrected chi connectivity index (χ1v) is 2.99. The van der Waals surface area contributed by atoms with Gasteiger partial charge in [0.15, 0.2) is 0 Å². The zero-order valence-electron chi connectivity index (χ0n) is 6.20. The molecule has 0 radical (unpaired) electrons. The molecule has 0 amide bonds. The lowest BCUT2D eigenvalue weighted by molar-refractivity contribution is -0.161. The summed E-state index contributed by atoms with van der Waals surface area (Å²) in [5.74, 6) is -6.85. The zero-order valence-corrected chi connectivity index (χ0v) is 6.20. The molecule has 6 nitrogen and oxygen atoms in total. The van der Waals surface area contributed by atoms with Crippen LogP contribution < -0.4 is 0 Å². The second-order valence-electron chi connectivity index (χ2n) is 1.68. The standard InChI is InChI=1S/C6H6O6/c1-2-12-6(11)4(8)3(7)5(9)10/h2H2,1H3,(H,9,10). The van der Waals surface area contributed by atoms with Gasteiger partial charge in [0.1, 0.15) is 0 Å². The summed E-state index contributed by atoms with van der Waals surface area (Å²) in [6.07, 6.45) is 0. The number of rotatable bonds is 4. The molecule has 1 N–H and O–H groups in total. The first-order valence-electron chi connectivity index (χ1n) is 2.99. The number of esters is 1. The van der Waals surface area contributed by atoms with Gasteiger partial charge in [0, 0.05) is 0 Å². The summed E-state index contributed by atoms with van der Waals surface area (Å²) in [6, 6.07) is 0. The average molecular weight is 174 g/mol. The molecule has 0 rings (SSSR count). The molecule has 0 aliphatic rings. The largest absolute Gasteiger partial charge is 0.475 e. The number of Topliss-reactive ketones (excluding diaryl/α,β-unsaturated/α-hetero) is 2. The third-order valence-corrected chi connectivity index (χ3v) is 0.861. The molecule has 0 aromatic carbocycles. The molecular weight excluding hydrogens is 168 g/mol. The van der Waals surface area contributed by atoms with Crippen molar-refractivity contribution in [1.29, 1.82) is 0 Å². The quantitative estimate of drug-likeness (QED) is 0.325. The highest BCUT2D eigenvalue weighted by atomic mass is 16.5. The summed E-state index contributed by atoms with van der Waals surface area (Å²) in [4.78, 5) is 41.1. The molecule has 0 aliphatic heterocycles. The van der Waals surface area contributed by atoms with Crippen molar-refractivity contribution in [3.05, 3.63) is 0 Å². The van der Waals surface area contributed by atoms with Crippen LogP contribution >= 0.6 is 0 Å². The molecule has 0 bridgehead atoms. The highest BCUT2D eigenvalue weighted by Gasteiger charge is 2.29. The minimum atomic E-state index is -1.96. The van der Waals surface area contributed by atoms with E-state index in [9.17, 15) is 19.2 Å². The number of carboxylic acid groups (broad SMARTS) is 1. The Balaban J connectivity index is 4.30. The van der Waals surface area contributed by atoms with Crippen molar-refractivity contribution in [1.82, 2.24) is 0 Å². The van der Waals surface area contributed by atoms with Gasteiger partial charge in [0.25, 0.3) is 0 Å². The zero-order chi connectivity index (χ0) is 9.72. The molecule has 0 saturated heterocycles. The Kier molecular flexibility index (Phi) is 3.61. The van der Waals surface area contributed by atoms with Crippen LogP contribution in [0.15, 0.2) is 0 Å². The van der Waals surface area contributed by atoms with Crippen LogP contribution in [0.25, 0.3) is 0 Å². The van der Waals surface area contributed by atoms with E-state index >= 15 is 0 Å². The van der Waals surface area contributed by atoms with Crippen molar-refractivity contribution in [2.75, 3.05) is 6.61 Å². The summed E-state index contributed by atoms with van der Waals surface area (Å²) >= 11 is 0. The Morgan fingerprint density at radius 1 is 1.17 bits per heavy atom. The van der Waals surface area contributed by atoms with Crippen LogP contribution in [0.4, 0.5) is 0 Å². The Morgan fingerprint density at radius 3 is 2.00 bits per heavy atom. The molecule has 0 spiro atoms. The Labute approximate surface area is 67.1 Å². The second-order valence-corrected chi connectivity index (χ2v) is 1.68. The van der Waals surface area contributed by atoms with E-state index in [4.69, 9.17) is 5.11 Å². The number of carbonyl (C=O) groups excluding carboxylic acids is 3. The van der Waals surface area contributed by atoms with Gasteiger partial charge in [-0.3, -0.25) is 9.59 Å². The smallest absolute Gasteiger partial charge is 0.383 e. The van der Waals surface area contributed by atoms with Crippen LogP contribution in [0.5, 0.6) is 0 Å². The van der Waals surface area contributed by atoms with Crippen molar-refractivity contribution < 1.29 is 29.0 Å². The molecule has 0 aromatic rings. The maximum Gasteiger partial charge on any atom is 0.383 e. The molecule has 66 valence electrons. The molecule has 0 unspecified atom stereocenters. The maximum atomic E-state index is 10.5. The van der Waals surface area contributed by atoms with E-state index in [1.807, 2.05) is 0 Å². The van der Waals surface area contributed by atoms with Crippen LogP contribution in [0.2, 0.25) is 0 Å². The number of carbonyl (C=O) groups is 4. The van der Waals surface area contributed by atoms with Crippen LogP contribution in [0, 0.1) is 0 Å². The number of carboxylic acids is 1. The third kappa shape index (κ3) is 2.49. The minimum Gasteiger partial charge on any atom is -0.475 e. The number of aliphatic carboxylic acids is 1. The Hall–Kier alpha value is -1.72. The lowest BCUT2D eigenvalue weighted by Crippen LogP contribution is -2.31. The van der Waals surface area contributed by atoms with E-state index in [1.165, 1.54) is 6.92 Å². The third-order valence-electron chi connectivity index (χ3n) is 0.861. The van der Waals surface area contributed by atoms with Gasteiger partial charge in [0.2, 0.25) is 0 Å². The summed E-state index contributed by atoms with van der Waals surface area (Å²) in [5.41, 5.74) is 0. The fourth-order valence-electron chi connectivity index (χ4n) is 0.386. The summed E-state index contributed by atoms with van der Waals surface area (Å²) in [7, 11) is 0. The molecule has 12 heavy (non-hydrogen) atoms. The van der Waals surface area contributed by atoms with Crippen molar-refractivity contribution in [3.63, 3.8) is 0 Å². The average Bonchev–Trinajstić information content (AvgIpc) is 2.02. The highest BCUT2D eigenvalue weighted by Crippen LogP contribution is 1.84. The highest BCUT2D eigenvalue weighted by molar-refractivity contribution is 6.75. The van der Waals surface area contributed by atoms with E-state index in [2.05, 4.69) is 4.74 Å². The predicted molar refractivity (Wildman–Crippen MR) is 34.3 cm³/mol. The van der Waals surface area contributed by atoms with Crippen LogP contribution in [-0.2, 0) is 23.9 Å². The van der Waals surface area contributed by atoms with Crippen LogP contribution in [-0.4, -0.2) is 35.2 Å². The van der Waals surface area contributed by atoms with Gasteiger partial charge in [-0.05, 0) is 6.92 Å². The monoisotopic (exact) mass is 174 g/mol. The molecule has 6 heteroatoms. The van der Waals surface area contributed by atoms with E-state index < -0.39 is 23.5 Å². The first-order chi connectivity index (χ1) is 5.50. The Morgan fingerprint density at radius 2 is 1.67 bits per heavy atom. The Bertz CT molecular complexity index is 240. The van der Waals surface area contributed by atoms with Crippen LogP contribution in [0.1, 0.15) is 6.92 Å². The van der Waals surface area contributed by atoms with Gasteiger partial charge in [0.05, 0.1) is 6.61 Å². The van der Waals surface area contributed by atoms with Crippen molar-refractivity contribution in [2.24, 2.45) is 0 Å². The van der Waals surface area contributed by atoms with Gasteiger partial charge in [-0.1, -0.05) is 0 Å². The van der Waals surface area contributed by atoms with Crippen molar-refractivity contribution in [2.45, 2.75) is 6.92 Å². The normalized spacial score (nSPS) is 8.75. The molecule has 0 heterocycles. The molecule has 0 atom stereocenters. The summed E-state index contributed by atoms with van der Waals surface area (Å²) < 4.78 is 4.10. The van der Waals surface area contributed by atoms with E-state index in [-0.39, 0.29) is 6.61 Å². The molecule has 0 aromatic heterocycles. The number of ketones is 2. The van der Waals surface area contributed by atoms with Crippen molar-refractivity contribution >= 4 is 23.5 Å². The molecule has 0 aliphatic carbocycles. The maximum absolute atomic E-state index is 10.5. The van der Waals surface area contributed by atoms with E-state index in [0.717, 1.165) is 0 Å². The van der Waals surface area contributed by atoms with Gasteiger partial charge >= 0.3 is 23.5 Å². The number of hydrogen-bond donors (Lipinski definition) is 1.